The maximum absolute atomic E-state index is 12.2. The highest BCUT2D eigenvalue weighted by atomic mass is 16.6. The van der Waals surface area contributed by atoms with Gasteiger partial charge in [-0.1, -0.05) is 13.0 Å². The largest absolute Gasteiger partial charge is 0.444 e. The van der Waals surface area contributed by atoms with Crippen molar-refractivity contribution in [2.24, 2.45) is 0 Å². The SMILES string of the molecule is CCc1cc(NC2CCN(C(=O)OC(C)(C)C)C2)nc(-c2ccccn2)n1. The van der Waals surface area contributed by atoms with E-state index in [1.54, 1.807) is 11.1 Å². The molecule has 0 aromatic carbocycles. The third-order valence-corrected chi connectivity index (χ3v) is 4.23. The molecule has 7 heteroatoms. The molecule has 3 heterocycles. The Morgan fingerprint density at radius 3 is 2.81 bits per heavy atom. The van der Waals surface area contributed by atoms with Gasteiger partial charge in [0.1, 0.15) is 17.1 Å². The van der Waals surface area contributed by atoms with Crippen molar-refractivity contribution in [2.45, 2.75) is 52.2 Å². The van der Waals surface area contributed by atoms with E-state index >= 15 is 0 Å². The van der Waals surface area contributed by atoms with Crippen molar-refractivity contribution in [3.05, 3.63) is 36.2 Å². The number of rotatable bonds is 4. The second kappa shape index (κ2) is 7.90. The van der Waals surface area contributed by atoms with E-state index in [4.69, 9.17) is 4.74 Å². The number of aryl methyl sites for hydroxylation is 1. The zero-order chi connectivity index (χ0) is 19.4. The summed E-state index contributed by atoms with van der Waals surface area (Å²) in [4.78, 5) is 27.5. The molecule has 1 amide bonds. The summed E-state index contributed by atoms with van der Waals surface area (Å²) in [6.07, 6.45) is 3.13. The summed E-state index contributed by atoms with van der Waals surface area (Å²) < 4.78 is 5.46. The molecule has 0 radical (unpaired) electrons. The van der Waals surface area contributed by atoms with Crippen molar-refractivity contribution in [2.75, 3.05) is 18.4 Å². The molecule has 7 nitrogen and oxygen atoms in total. The van der Waals surface area contributed by atoms with Gasteiger partial charge in [-0.3, -0.25) is 4.98 Å². The number of carbonyl (C=O) groups excluding carboxylic acids is 1. The van der Waals surface area contributed by atoms with Crippen molar-refractivity contribution in [1.82, 2.24) is 19.9 Å². The molecule has 2 aromatic heterocycles. The van der Waals surface area contributed by atoms with E-state index in [0.29, 0.717) is 18.9 Å². The second-order valence-corrected chi connectivity index (χ2v) is 7.69. The van der Waals surface area contributed by atoms with E-state index in [1.165, 1.54) is 0 Å². The van der Waals surface area contributed by atoms with Crippen molar-refractivity contribution in [3.8, 4) is 11.5 Å². The summed E-state index contributed by atoms with van der Waals surface area (Å²) in [7, 11) is 0. The number of nitrogens with one attached hydrogen (secondary N) is 1. The minimum Gasteiger partial charge on any atom is -0.444 e. The minimum atomic E-state index is -0.483. The molecule has 1 unspecified atom stereocenters. The number of aromatic nitrogens is 3. The van der Waals surface area contributed by atoms with Crippen LogP contribution in [0.25, 0.3) is 11.5 Å². The predicted octanol–water partition coefficient (Wildman–Crippen LogP) is 3.52. The first-order valence-electron chi connectivity index (χ1n) is 9.38. The molecule has 1 saturated heterocycles. The quantitative estimate of drug-likeness (QED) is 0.888. The number of carbonyl (C=O) groups is 1. The fraction of sp³-hybridized carbons (Fsp3) is 0.500. The van der Waals surface area contributed by atoms with Crippen molar-refractivity contribution < 1.29 is 9.53 Å². The molecule has 0 saturated carbocycles. The Morgan fingerprint density at radius 2 is 2.15 bits per heavy atom. The van der Waals surface area contributed by atoms with Crippen LogP contribution in [0.3, 0.4) is 0 Å². The molecular formula is C20H27N5O2. The second-order valence-electron chi connectivity index (χ2n) is 7.69. The molecule has 1 fully saturated rings. The van der Waals surface area contributed by atoms with E-state index in [9.17, 15) is 4.79 Å². The summed E-state index contributed by atoms with van der Waals surface area (Å²) in [5.41, 5.74) is 1.22. The molecule has 1 atom stereocenters. The van der Waals surface area contributed by atoms with Gasteiger partial charge in [-0.05, 0) is 45.7 Å². The first kappa shape index (κ1) is 19.1. The molecule has 2 aromatic rings. The lowest BCUT2D eigenvalue weighted by molar-refractivity contribution is 0.0293. The number of nitrogens with zero attached hydrogens (tertiary/aromatic N) is 4. The van der Waals surface area contributed by atoms with Crippen molar-refractivity contribution in [3.63, 3.8) is 0 Å². The first-order valence-corrected chi connectivity index (χ1v) is 9.38. The zero-order valence-electron chi connectivity index (χ0n) is 16.4. The maximum Gasteiger partial charge on any atom is 0.410 e. The van der Waals surface area contributed by atoms with Crippen LogP contribution in [0.5, 0.6) is 0 Å². The van der Waals surface area contributed by atoms with Crippen LogP contribution in [0, 0.1) is 0 Å². The van der Waals surface area contributed by atoms with Gasteiger partial charge in [0, 0.05) is 37.1 Å². The van der Waals surface area contributed by atoms with Crippen LogP contribution in [0.15, 0.2) is 30.5 Å². The number of ether oxygens (including phenoxy) is 1. The Hall–Kier alpha value is -2.70. The number of anilines is 1. The zero-order valence-corrected chi connectivity index (χ0v) is 16.4. The van der Waals surface area contributed by atoms with Crippen molar-refractivity contribution in [1.29, 1.82) is 0 Å². The van der Waals surface area contributed by atoms with Gasteiger partial charge in [-0.15, -0.1) is 0 Å². The van der Waals surface area contributed by atoms with Crippen LogP contribution < -0.4 is 5.32 Å². The normalized spacial score (nSPS) is 17.0. The highest BCUT2D eigenvalue weighted by Gasteiger charge is 2.30. The Labute approximate surface area is 160 Å². The smallest absolute Gasteiger partial charge is 0.410 e. The lowest BCUT2D eigenvalue weighted by Gasteiger charge is -2.24. The Morgan fingerprint density at radius 1 is 1.33 bits per heavy atom. The fourth-order valence-corrected chi connectivity index (χ4v) is 2.94. The highest BCUT2D eigenvalue weighted by Crippen LogP contribution is 2.20. The van der Waals surface area contributed by atoms with E-state index in [2.05, 4.69) is 27.2 Å². The number of likely N-dealkylation sites (tertiary alicyclic amines) is 1. The van der Waals surface area contributed by atoms with Crippen molar-refractivity contribution >= 4 is 11.9 Å². The van der Waals surface area contributed by atoms with Crippen LogP contribution in [-0.4, -0.2) is 50.7 Å². The van der Waals surface area contributed by atoms with Crippen LogP contribution in [0.2, 0.25) is 0 Å². The van der Waals surface area contributed by atoms with Gasteiger partial charge in [0.05, 0.1) is 0 Å². The molecular weight excluding hydrogens is 342 g/mol. The van der Waals surface area contributed by atoms with Gasteiger partial charge in [-0.2, -0.15) is 0 Å². The minimum absolute atomic E-state index is 0.133. The van der Waals surface area contributed by atoms with Gasteiger partial charge in [-0.25, -0.2) is 14.8 Å². The molecule has 0 spiro atoms. The predicted molar refractivity (Wildman–Crippen MR) is 104 cm³/mol. The number of hydrogen-bond donors (Lipinski definition) is 1. The summed E-state index contributed by atoms with van der Waals surface area (Å²) in [6.45, 7) is 8.97. The summed E-state index contributed by atoms with van der Waals surface area (Å²) in [5.74, 6) is 1.37. The number of amides is 1. The third-order valence-electron chi connectivity index (χ3n) is 4.23. The lowest BCUT2D eigenvalue weighted by atomic mass is 10.2. The third kappa shape index (κ3) is 5.15. The van der Waals surface area contributed by atoms with E-state index < -0.39 is 5.60 Å². The fourth-order valence-electron chi connectivity index (χ4n) is 2.94. The highest BCUT2D eigenvalue weighted by molar-refractivity contribution is 5.68. The van der Waals surface area contributed by atoms with Crippen LogP contribution >= 0.6 is 0 Å². The van der Waals surface area contributed by atoms with Crippen LogP contribution in [0.4, 0.5) is 10.6 Å². The van der Waals surface area contributed by atoms with E-state index in [1.807, 2.05) is 45.0 Å². The van der Waals surface area contributed by atoms with Gasteiger partial charge in [0.15, 0.2) is 5.82 Å². The first-order chi connectivity index (χ1) is 12.8. The van der Waals surface area contributed by atoms with E-state index in [0.717, 1.165) is 30.0 Å². The standard InChI is InChI=1S/C20H27N5O2/c1-5-14-12-17(24-18(23-14)16-8-6-7-10-21-16)22-15-9-11-25(13-15)19(26)27-20(2,3)4/h6-8,10,12,15H,5,9,11,13H2,1-4H3,(H,22,23,24). The maximum atomic E-state index is 12.2. The summed E-state index contributed by atoms with van der Waals surface area (Å²) >= 11 is 0. The Kier molecular flexibility index (Phi) is 5.58. The van der Waals surface area contributed by atoms with E-state index in [-0.39, 0.29) is 12.1 Å². The lowest BCUT2D eigenvalue weighted by Crippen LogP contribution is -2.36. The molecule has 27 heavy (non-hydrogen) atoms. The Balaban J connectivity index is 1.70. The average molecular weight is 369 g/mol. The molecule has 1 aliphatic heterocycles. The molecule has 1 N–H and O–H groups in total. The summed E-state index contributed by atoms with van der Waals surface area (Å²) in [6, 6.07) is 7.79. The molecule has 3 rings (SSSR count). The topological polar surface area (TPSA) is 80.2 Å². The van der Waals surface area contributed by atoms with Gasteiger partial charge in [0.2, 0.25) is 0 Å². The molecule has 144 valence electrons. The molecule has 0 aliphatic carbocycles. The van der Waals surface area contributed by atoms with Gasteiger partial charge < -0.3 is 15.0 Å². The monoisotopic (exact) mass is 369 g/mol. The van der Waals surface area contributed by atoms with Crippen LogP contribution in [0.1, 0.15) is 39.8 Å². The average Bonchev–Trinajstić information content (AvgIpc) is 3.09. The van der Waals surface area contributed by atoms with Crippen LogP contribution in [-0.2, 0) is 11.2 Å². The van der Waals surface area contributed by atoms with Gasteiger partial charge in [0.25, 0.3) is 0 Å². The molecule has 0 bridgehead atoms. The summed E-state index contributed by atoms with van der Waals surface area (Å²) in [5, 5.41) is 3.45. The molecule has 1 aliphatic rings. The number of hydrogen-bond acceptors (Lipinski definition) is 6. The Bertz CT molecular complexity index is 789. The number of pyridine rings is 1. The van der Waals surface area contributed by atoms with Gasteiger partial charge >= 0.3 is 6.09 Å².